The van der Waals surface area contributed by atoms with Gasteiger partial charge in [-0.1, -0.05) is 19.1 Å². The number of hydrogen-bond donors (Lipinski definition) is 1. The highest BCUT2D eigenvalue weighted by molar-refractivity contribution is 7.79. The average molecular weight is 195 g/mol. The lowest BCUT2D eigenvalue weighted by atomic mass is 10.0. The number of anilines is 1. The van der Waals surface area contributed by atoms with Gasteiger partial charge < -0.3 is 5.73 Å². The Morgan fingerprint density at radius 3 is 2.62 bits per heavy atom. The van der Waals surface area contributed by atoms with Gasteiger partial charge in [0, 0.05) is 12.4 Å². The maximum absolute atomic E-state index is 5.37. The van der Waals surface area contributed by atoms with Gasteiger partial charge in [0.15, 0.2) is 0 Å². The van der Waals surface area contributed by atoms with Gasteiger partial charge in [0.05, 0.1) is 0 Å². The molecule has 0 saturated heterocycles. The van der Waals surface area contributed by atoms with Gasteiger partial charge in [-0.2, -0.15) is 0 Å². The molecule has 0 aromatic carbocycles. The summed E-state index contributed by atoms with van der Waals surface area (Å²) in [6, 6.07) is 0. The van der Waals surface area contributed by atoms with Crippen LogP contribution in [0, 0.1) is 5.92 Å². The zero-order chi connectivity index (χ0) is 9.68. The summed E-state index contributed by atoms with van der Waals surface area (Å²) in [5.74, 6) is 0.751. The van der Waals surface area contributed by atoms with Crippen molar-refractivity contribution in [1.29, 1.82) is 0 Å². The first-order valence-corrected chi connectivity index (χ1v) is 4.75. The number of nitrogens with zero attached hydrogens (tertiary/aromatic N) is 2. The minimum atomic E-state index is 0.319. The van der Waals surface area contributed by atoms with Crippen LogP contribution in [0.4, 0.5) is 5.95 Å². The molecule has 1 aromatic rings. The van der Waals surface area contributed by atoms with Crippen LogP contribution in [0.3, 0.4) is 0 Å². The van der Waals surface area contributed by atoms with E-state index in [0.717, 1.165) is 18.4 Å². The van der Waals surface area contributed by atoms with Crippen molar-refractivity contribution in [3.8, 4) is 0 Å². The second-order valence-corrected chi connectivity index (χ2v) is 3.23. The molecule has 1 rings (SSSR count). The molecule has 1 unspecified atom stereocenters. The quantitative estimate of drug-likeness (QED) is 0.742. The van der Waals surface area contributed by atoms with Gasteiger partial charge in [-0.3, -0.25) is 0 Å². The molecular formula is C9H13N3S. The number of rotatable bonds is 4. The Bertz CT molecular complexity index is 271. The molecule has 0 radical (unpaired) electrons. The van der Waals surface area contributed by atoms with Crippen LogP contribution in [-0.2, 0) is 6.42 Å². The molecule has 2 N–H and O–H groups in total. The number of thiocarbonyl (C=S) groups is 1. The molecule has 0 aliphatic heterocycles. The fourth-order valence-electron chi connectivity index (χ4n) is 1.06. The van der Waals surface area contributed by atoms with Crippen LogP contribution in [-0.4, -0.2) is 15.3 Å². The molecule has 0 bridgehead atoms. The summed E-state index contributed by atoms with van der Waals surface area (Å²) in [5, 5.41) is 1.80. The van der Waals surface area contributed by atoms with E-state index >= 15 is 0 Å². The normalized spacial score (nSPS) is 12.4. The summed E-state index contributed by atoms with van der Waals surface area (Å²) in [7, 11) is 0. The first kappa shape index (κ1) is 10.1. The van der Waals surface area contributed by atoms with Crippen LogP contribution < -0.4 is 5.73 Å². The predicted octanol–water partition coefficient (Wildman–Crippen LogP) is 1.63. The van der Waals surface area contributed by atoms with Crippen molar-refractivity contribution in [3.63, 3.8) is 0 Å². The molecule has 1 aromatic heterocycles. The number of hydrogen-bond acceptors (Lipinski definition) is 4. The van der Waals surface area contributed by atoms with E-state index in [4.69, 9.17) is 18.0 Å². The summed E-state index contributed by atoms with van der Waals surface area (Å²) in [6.45, 7) is 2.12. The monoisotopic (exact) mass is 195 g/mol. The van der Waals surface area contributed by atoms with Gasteiger partial charge >= 0.3 is 0 Å². The van der Waals surface area contributed by atoms with Crippen LogP contribution in [0.1, 0.15) is 18.9 Å². The van der Waals surface area contributed by atoms with E-state index in [-0.39, 0.29) is 0 Å². The Labute approximate surface area is 83.4 Å². The van der Waals surface area contributed by atoms with E-state index in [1.54, 1.807) is 17.8 Å². The smallest absolute Gasteiger partial charge is 0.219 e. The Kier molecular flexibility index (Phi) is 3.76. The number of nitrogens with two attached hydrogens (primary N) is 1. The zero-order valence-electron chi connectivity index (χ0n) is 7.60. The third kappa shape index (κ3) is 3.06. The largest absolute Gasteiger partial charge is 0.368 e. The van der Waals surface area contributed by atoms with Gasteiger partial charge in [0.2, 0.25) is 5.95 Å². The van der Waals surface area contributed by atoms with Crippen LogP contribution in [0.25, 0.3) is 0 Å². The molecule has 0 saturated carbocycles. The van der Waals surface area contributed by atoms with E-state index in [1.165, 1.54) is 0 Å². The standard InChI is InChI=1S/C9H13N3S/c1-2-7(6-13)3-8-4-11-9(10)12-5-8/h4-7H,2-3H2,1H3,(H2,10,11,12). The van der Waals surface area contributed by atoms with Crippen LogP contribution in [0.15, 0.2) is 12.4 Å². The molecule has 0 fully saturated rings. The molecule has 1 heterocycles. The first-order chi connectivity index (χ1) is 6.26. The minimum absolute atomic E-state index is 0.319. The molecule has 13 heavy (non-hydrogen) atoms. The lowest BCUT2D eigenvalue weighted by Crippen LogP contribution is -2.05. The molecule has 0 aliphatic rings. The summed E-state index contributed by atoms with van der Waals surface area (Å²) < 4.78 is 0. The molecular weight excluding hydrogens is 182 g/mol. The van der Waals surface area contributed by atoms with Crippen molar-refractivity contribution >= 4 is 23.5 Å². The second-order valence-electron chi connectivity index (χ2n) is 2.96. The molecule has 0 aliphatic carbocycles. The van der Waals surface area contributed by atoms with E-state index in [2.05, 4.69) is 16.9 Å². The van der Waals surface area contributed by atoms with Gasteiger partial charge in [-0.25, -0.2) is 9.97 Å². The highest BCUT2D eigenvalue weighted by atomic mass is 32.1. The van der Waals surface area contributed by atoms with Crippen molar-refractivity contribution in [3.05, 3.63) is 18.0 Å². The first-order valence-electron chi connectivity index (χ1n) is 4.28. The predicted molar refractivity (Wildman–Crippen MR) is 57.6 cm³/mol. The third-order valence-electron chi connectivity index (χ3n) is 1.94. The maximum atomic E-state index is 5.37. The summed E-state index contributed by atoms with van der Waals surface area (Å²) in [6.07, 6.45) is 5.46. The Hall–Kier alpha value is -1.03. The number of aromatic nitrogens is 2. The van der Waals surface area contributed by atoms with Crippen molar-refractivity contribution < 1.29 is 0 Å². The molecule has 4 heteroatoms. The molecule has 0 spiro atoms. The highest BCUT2D eigenvalue weighted by Crippen LogP contribution is 2.09. The van der Waals surface area contributed by atoms with Gasteiger partial charge in [-0.05, 0) is 29.7 Å². The van der Waals surface area contributed by atoms with Crippen LogP contribution >= 0.6 is 12.2 Å². The van der Waals surface area contributed by atoms with Gasteiger partial charge in [-0.15, -0.1) is 0 Å². The molecule has 70 valence electrons. The third-order valence-corrected chi connectivity index (χ3v) is 2.32. The fraction of sp³-hybridized carbons (Fsp3) is 0.444. The summed E-state index contributed by atoms with van der Waals surface area (Å²) in [4.78, 5) is 7.84. The lowest BCUT2D eigenvalue weighted by Gasteiger charge is -2.07. The average Bonchev–Trinajstić information content (AvgIpc) is 2.17. The van der Waals surface area contributed by atoms with Crippen LogP contribution in [0.2, 0.25) is 0 Å². The molecule has 3 nitrogen and oxygen atoms in total. The number of nitrogen functional groups attached to an aromatic ring is 1. The van der Waals surface area contributed by atoms with Crippen LogP contribution in [0.5, 0.6) is 0 Å². The Morgan fingerprint density at radius 1 is 1.54 bits per heavy atom. The lowest BCUT2D eigenvalue weighted by molar-refractivity contribution is 0.678. The van der Waals surface area contributed by atoms with E-state index < -0.39 is 0 Å². The topological polar surface area (TPSA) is 51.8 Å². The van der Waals surface area contributed by atoms with Crippen molar-refractivity contribution in [1.82, 2.24) is 9.97 Å². The Morgan fingerprint density at radius 2 is 2.15 bits per heavy atom. The summed E-state index contributed by atoms with van der Waals surface area (Å²) in [5.41, 5.74) is 6.46. The minimum Gasteiger partial charge on any atom is -0.368 e. The van der Waals surface area contributed by atoms with E-state index in [9.17, 15) is 0 Å². The van der Waals surface area contributed by atoms with Crippen molar-refractivity contribution in [2.45, 2.75) is 19.8 Å². The SMILES string of the molecule is CCC(C=S)Cc1cnc(N)nc1. The van der Waals surface area contributed by atoms with Gasteiger partial charge in [0.1, 0.15) is 0 Å². The zero-order valence-corrected chi connectivity index (χ0v) is 8.42. The van der Waals surface area contributed by atoms with Crippen molar-refractivity contribution in [2.24, 2.45) is 5.92 Å². The van der Waals surface area contributed by atoms with E-state index in [0.29, 0.717) is 11.9 Å². The fourth-order valence-corrected chi connectivity index (χ4v) is 1.35. The highest BCUT2D eigenvalue weighted by Gasteiger charge is 2.03. The van der Waals surface area contributed by atoms with E-state index in [1.807, 2.05) is 0 Å². The molecule has 0 amide bonds. The van der Waals surface area contributed by atoms with Gasteiger partial charge in [0.25, 0.3) is 0 Å². The molecule has 1 atom stereocenters. The second kappa shape index (κ2) is 4.87. The summed E-state index contributed by atoms with van der Waals surface area (Å²) >= 11 is 4.91. The maximum Gasteiger partial charge on any atom is 0.219 e. The Balaban J connectivity index is 2.63. The van der Waals surface area contributed by atoms with Crippen molar-refractivity contribution in [2.75, 3.05) is 5.73 Å².